The highest BCUT2D eigenvalue weighted by atomic mass is 15.4. The van der Waals surface area contributed by atoms with Crippen molar-refractivity contribution >= 4 is 11.5 Å². The molecular formula is C19H24N6. The van der Waals surface area contributed by atoms with Crippen LogP contribution >= 0.6 is 0 Å². The smallest absolute Gasteiger partial charge is 0.160 e. The van der Waals surface area contributed by atoms with Crippen molar-refractivity contribution < 1.29 is 0 Å². The average molecular weight is 336 g/mol. The molecule has 0 atom stereocenters. The molecule has 3 aromatic rings. The van der Waals surface area contributed by atoms with E-state index in [1.54, 1.807) is 0 Å². The molecule has 1 fully saturated rings. The van der Waals surface area contributed by atoms with Gasteiger partial charge in [-0.05, 0) is 38.5 Å². The SMILES string of the molecule is Cc1cc(N2CCN(Cc3ccncc3)CC2)n2nc(C)c(C)c2n1. The van der Waals surface area contributed by atoms with Crippen molar-refractivity contribution in [2.24, 2.45) is 0 Å². The lowest BCUT2D eigenvalue weighted by Crippen LogP contribution is -2.46. The van der Waals surface area contributed by atoms with Crippen molar-refractivity contribution in [3.05, 3.63) is 53.1 Å². The Morgan fingerprint density at radius 2 is 1.72 bits per heavy atom. The summed E-state index contributed by atoms with van der Waals surface area (Å²) >= 11 is 0. The van der Waals surface area contributed by atoms with Crippen molar-refractivity contribution in [3.63, 3.8) is 0 Å². The van der Waals surface area contributed by atoms with Gasteiger partial charge in [-0.15, -0.1) is 0 Å². The second kappa shape index (κ2) is 6.44. The third-order valence-corrected chi connectivity index (χ3v) is 5.02. The molecule has 0 unspecified atom stereocenters. The zero-order valence-electron chi connectivity index (χ0n) is 15.1. The molecule has 3 aromatic heterocycles. The fourth-order valence-corrected chi connectivity index (χ4v) is 3.44. The molecule has 0 saturated carbocycles. The number of pyridine rings is 1. The maximum atomic E-state index is 4.71. The Morgan fingerprint density at radius 1 is 1.00 bits per heavy atom. The summed E-state index contributed by atoms with van der Waals surface area (Å²) < 4.78 is 2.01. The van der Waals surface area contributed by atoms with E-state index in [9.17, 15) is 0 Å². The second-order valence-electron chi connectivity index (χ2n) is 6.82. The van der Waals surface area contributed by atoms with Crippen molar-refractivity contribution in [3.8, 4) is 0 Å². The van der Waals surface area contributed by atoms with E-state index >= 15 is 0 Å². The number of aryl methyl sites for hydroxylation is 3. The first kappa shape index (κ1) is 16.0. The summed E-state index contributed by atoms with van der Waals surface area (Å²) in [6, 6.07) is 6.34. The van der Waals surface area contributed by atoms with Crippen molar-refractivity contribution in [1.29, 1.82) is 0 Å². The van der Waals surface area contributed by atoms with Crippen molar-refractivity contribution in [1.82, 2.24) is 24.5 Å². The fourth-order valence-electron chi connectivity index (χ4n) is 3.44. The number of nitrogens with zero attached hydrogens (tertiary/aromatic N) is 6. The Kier molecular flexibility index (Phi) is 4.13. The summed E-state index contributed by atoms with van der Waals surface area (Å²) in [6.45, 7) is 11.3. The minimum absolute atomic E-state index is 0.978. The van der Waals surface area contributed by atoms with Crippen LogP contribution in [0.2, 0.25) is 0 Å². The van der Waals surface area contributed by atoms with Gasteiger partial charge in [-0.3, -0.25) is 9.88 Å². The van der Waals surface area contributed by atoms with Crippen LogP contribution in [0.4, 0.5) is 5.82 Å². The molecule has 1 aliphatic heterocycles. The molecule has 0 N–H and O–H groups in total. The molecule has 25 heavy (non-hydrogen) atoms. The van der Waals surface area contributed by atoms with Crippen molar-refractivity contribution in [2.75, 3.05) is 31.1 Å². The molecule has 4 rings (SSSR count). The third-order valence-electron chi connectivity index (χ3n) is 5.02. The Morgan fingerprint density at radius 3 is 2.44 bits per heavy atom. The maximum absolute atomic E-state index is 4.71. The van der Waals surface area contributed by atoms with Crippen molar-refractivity contribution in [2.45, 2.75) is 27.3 Å². The van der Waals surface area contributed by atoms with E-state index in [0.29, 0.717) is 0 Å². The summed E-state index contributed by atoms with van der Waals surface area (Å²) in [5.41, 5.74) is 5.57. The van der Waals surface area contributed by atoms with Crippen LogP contribution in [-0.2, 0) is 6.54 Å². The Bertz CT molecular complexity index is 878. The lowest BCUT2D eigenvalue weighted by atomic mass is 10.2. The Hall–Kier alpha value is -2.47. The summed E-state index contributed by atoms with van der Waals surface area (Å²) in [5, 5.41) is 4.71. The molecule has 130 valence electrons. The van der Waals surface area contributed by atoms with Gasteiger partial charge in [0.2, 0.25) is 0 Å². The van der Waals surface area contributed by atoms with Crippen LogP contribution in [0.3, 0.4) is 0 Å². The fraction of sp³-hybridized carbons (Fsp3) is 0.421. The normalized spacial score (nSPS) is 15.9. The van der Waals surface area contributed by atoms with Gasteiger partial charge in [-0.1, -0.05) is 0 Å². The van der Waals surface area contributed by atoms with E-state index in [4.69, 9.17) is 5.10 Å². The monoisotopic (exact) mass is 336 g/mol. The van der Waals surface area contributed by atoms with Crippen LogP contribution in [0.1, 0.15) is 22.5 Å². The quantitative estimate of drug-likeness (QED) is 0.735. The van der Waals surface area contributed by atoms with E-state index < -0.39 is 0 Å². The van der Waals surface area contributed by atoms with Gasteiger partial charge in [0.25, 0.3) is 0 Å². The van der Waals surface area contributed by atoms with Gasteiger partial charge in [0.1, 0.15) is 5.82 Å². The van der Waals surface area contributed by atoms with Gasteiger partial charge in [0.05, 0.1) is 5.69 Å². The van der Waals surface area contributed by atoms with E-state index in [1.165, 1.54) is 11.1 Å². The van der Waals surface area contributed by atoms with E-state index in [2.05, 4.69) is 58.7 Å². The predicted octanol–water partition coefficient (Wildman–Crippen LogP) is 2.37. The Labute approximate surface area is 148 Å². The predicted molar refractivity (Wildman–Crippen MR) is 98.9 cm³/mol. The number of hydrogen-bond acceptors (Lipinski definition) is 5. The lowest BCUT2D eigenvalue weighted by molar-refractivity contribution is 0.249. The largest absolute Gasteiger partial charge is 0.354 e. The highest BCUT2D eigenvalue weighted by Gasteiger charge is 2.21. The van der Waals surface area contributed by atoms with Crippen LogP contribution in [0.15, 0.2) is 30.6 Å². The molecule has 4 heterocycles. The molecular weight excluding hydrogens is 312 g/mol. The number of hydrogen-bond donors (Lipinski definition) is 0. The first-order valence-electron chi connectivity index (χ1n) is 8.81. The molecule has 6 heteroatoms. The zero-order chi connectivity index (χ0) is 17.4. The highest BCUT2D eigenvalue weighted by Crippen LogP contribution is 2.22. The van der Waals surface area contributed by atoms with Gasteiger partial charge >= 0.3 is 0 Å². The number of anilines is 1. The van der Waals surface area contributed by atoms with Gasteiger partial charge in [0.15, 0.2) is 5.65 Å². The van der Waals surface area contributed by atoms with Crippen LogP contribution < -0.4 is 4.90 Å². The molecule has 0 bridgehead atoms. The zero-order valence-corrected chi connectivity index (χ0v) is 15.1. The molecule has 0 aromatic carbocycles. The van der Waals surface area contributed by atoms with Gasteiger partial charge < -0.3 is 4.90 Å². The van der Waals surface area contributed by atoms with Gasteiger partial charge in [-0.25, -0.2) is 4.98 Å². The first-order valence-corrected chi connectivity index (χ1v) is 8.81. The van der Waals surface area contributed by atoms with Crippen LogP contribution in [0.5, 0.6) is 0 Å². The molecule has 1 saturated heterocycles. The van der Waals surface area contributed by atoms with Gasteiger partial charge in [0, 0.05) is 62.4 Å². The molecule has 0 radical (unpaired) electrons. The summed E-state index contributed by atoms with van der Waals surface area (Å²) in [5.74, 6) is 1.15. The Balaban J connectivity index is 1.53. The number of aromatic nitrogens is 4. The third kappa shape index (κ3) is 3.09. The minimum atomic E-state index is 0.978. The number of piperazine rings is 1. The minimum Gasteiger partial charge on any atom is -0.354 e. The summed E-state index contributed by atoms with van der Waals surface area (Å²) in [6.07, 6.45) is 3.73. The number of fused-ring (bicyclic) bond motifs is 1. The average Bonchev–Trinajstić information content (AvgIpc) is 2.91. The van der Waals surface area contributed by atoms with Crippen LogP contribution in [0.25, 0.3) is 5.65 Å². The first-order chi connectivity index (χ1) is 12.1. The lowest BCUT2D eigenvalue weighted by Gasteiger charge is -2.36. The summed E-state index contributed by atoms with van der Waals surface area (Å²) in [4.78, 5) is 13.7. The topological polar surface area (TPSA) is 49.6 Å². The molecule has 0 spiro atoms. The second-order valence-corrected chi connectivity index (χ2v) is 6.82. The molecule has 0 amide bonds. The highest BCUT2D eigenvalue weighted by molar-refractivity contribution is 5.57. The van der Waals surface area contributed by atoms with Gasteiger partial charge in [-0.2, -0.15) is 9.61 Å². The van der Waals surface area contributed by atoms with E-state index in [0.717, 1.165) is 55.6 Å². The standard InChI is InChI=1S/C19H24N6/c1-14-12-18(25-19(21-14)15(2)16(3)22-25)24-10-8-23(9-11-24)13-17-4-6-20-7-5-17/h4-7,12H,8-11,13H2,1-3H3. The van der Waals surface area contributed by atoms with E-state index in [1.807, 2.05) is 16.9 Å². The van der Waals surface area contributed by atoms with Crippen LogP contribution in [0, 0.1) is 20.8 Å². The maximum Gasteiger partial charge on any atom is 0.160 e. The van der Waals surface area contributed by atoms with Crippen LogP contribution in [-0.4, -0.2) is 50.7 Å². The molecule has 1 aliphatic rings. The molecule has 6 nitrogen and oxygen atoms in total. The summed E-state index contributed by atoms with van der Waals surface area (Å²) in [7, 11) is 0. The number of rotatable bonds is 3. The van der Waals surface area contributed by atoms with E-state index in [-0.39, 0.29) is 0 Å². The molecule has 0 aliphatic carbocycles.